The quantitative estimate of drug-likeness (QED) is 0.832. The van der Waals surface area contributed by atoms with Gasteiger partial charge in [0.15, 0.2) is 0 Å². The van der Waals surface area contributed by atoms with E-state index in [0.717, 1.165) is 37.4 Å². The van der Waals surface area contributed by atoms with Gasteiger partial charge in [-0.15, -0.1) is 10.2 Å². The van der Waals surface area contributed by atoms with Crippen LogP contribution in [0.5, 0.6) is 0 Å². The molecule has 1 aliphatic heterocycles. The van der Waals surface area contributed by atoms with E-state index >= 15 is 0 Å². The van der Waals surface area contributed by atoms with Gasteiger partial charge in [-0.1, -0.05) is 11.3 Å². The monoisotopic (exact) mass is 274 g/mol. The largest absolute Gasteiger partial charge is 0.339 e. The van der Waals surface area contributed by atoms with E-state index in [-0.39, 0.29) is 5.91 Å². The Bertz CT molecular complexity index is 411. The first kappa shape index (κ1) is 12.7. The van der Waals surface area contributed by atoms with Crippen molar-refractivity contribution in [2.75, 3.05) is 33.7 Å². The van der Waals surface area contributed by atoms with E-state index in [9.17, 15) is 4.79 Å². The number of nitrogens with zero attached hydrogens (tertiary/aromatic N) is 4. The van der Waals surface area contributed by atoms with Crippen LogP contribution >= 0.6 is 22.9 Å². The van der Waals surface area contributed by atoms with Crippen LogP contribution in [0.15, 0.2) is 0 Å². The van der Waals surface area contributed by atoms with E-state index < -0.39 is 0 Å². The molecule has 2 rings (SSSR count). The fourth-order valence-electron chi connectivity index (χ4n) is 2.10. The summed E-state index contributed by atoms with van der Waals surface area (Å²) in [4.78, 5) is 16.0. The first-order valence-corrected chi connectivity index (χ1v) is 6.68. The number of carbonyl (C=O) groups is 1. The predicted molar refractivity (Wildman–Crippen MR) is 67.5 cm³/mol. The van der Waals surface area contributed by atoms with Crippen molar-refractivity contribution < 1.29 is 4.79 Å². The maximum atomic E-state index is 12.0. The molecule has 1 aliphatic rings. The van der Waals surface area contributed by atoms with Crippen LogP contribution in [0, 0.1) is 5.92 Å². The second-order valence-electron chi connectivity index (χ2n) is 4.46. The van der Waals surface area contributed by atoms with Gasteiger partial charge in [0.1, 0.15) is 0 Å². The molecule has 7 heteroatoms. The molecule has 2 heterocycles. The molecule has 17 heavy (non-hydrogen) atoms. The Kier molecular flexibility index (Phi) is 3.96. The van der Waals surface area contributed by atoms with Crippen molar-refractivity contribution in [1.82, 2.24) is 20.0 Å². The lowest BCUT2D eigenvalue weighted by molar-refractivity contribution is 0.0773. The molecule has 1 aromatic heterocycles. The van der Waals surface area contributed by atoms with Crippen molar-refractivity contribution in [2.24, 2.45) is 5.92 Å². The zero-order valence-electron chi connectivity index (χ0n) is 9.89. The van der Waals surface area contributed by atoms with Gasteiger partial charge in [0.25, 0.3) is 5.91 Å². The minimum Gasteiger partial charge on any atom is -0.339 e. The second-order valence-corrected chi connectivity index (χ2v) is 6.02. The van der Waals surface area contributed by atoms with Gasteiger partial charge >= 0.3 is 0 Å². The average molecular weight is 275 g/mol. The van der Waals surface area contributed by atoms with E-state index in [1.54, 1.807) is 11.9 Å². The highest BCUT2D eigenvalue weighted by atomic mass is 35.5. The lowest BCUT2D eigenvalue weighted by Gasteiger charge is -2.19. The molecule has 0 spiro atoms. The molecule has 0 aromatic carbocycles. The Hall–Kier alpha value is -0.720. The zero-order chi connectivity index (χ0) is 12.4. The molecule has 1 saturated heterocycles. The van der Waals surface area contributed by atoms with Crippen molar-refractivity contribution in [3.8, 4) is 0 Å². The van der Waals surface area contributed by atoms with Gasteiger partial charge in [0, 0.05) is 20.1 Å². The standard InChI is InChI=1S/C10H15ClN4OS/c1-14-4-3-7(5-14)6-15(2)9(16)8-12-13-10(11)17-8/h7H,3-6H2,1-2H3. The second kappa shape index (κ2) is 5.29. The number of hydrogen-bond donors (Lipinski definition) is 0. The molecule has 94 valence electrons. The van der Waals surface area contributed by atoms with E-state index in [0.29, 0.717) is 15.4 Å². The van der Waals surface area contributed by atoms with Crippen LogP contribution in [0.25, 0.3) is 0 Å². The lowest BCUT2D eigenvalue weighted by atomic mass is 10.1. The van der Waals surface area contributed by atoms with E-state index in [1.807, 2.05) is 0 Å². The number of carbonyl (C=O) groups excluding carboxylic acids is 1. The summed E-state index contributed by atoms with van der Waals surface area (Å²) >= 11 is 6.79. The molecule has 0 aliphatic carbocycles. The Labute approximate surface area is 109 Å². The van der Waals surface area contributed by atoms with Crippen LogP contribution in [0.2, 0.25) is 4.47 Å². The number of rotatable bonds is 3. The van der Waals surface area contributed by atoms with Crippen LogP contribution in [0.4, 0.5) is 0 Å². The van der Waals surface area contributed by atoms with Crippen LogP contribution in [-0.4, -0.2) is 59.6 Å². The molecular formula is C10H15ClN4OS. The van der Waals surface area contributed by atoms with Gasteiger partial charge in [-0.05, 0) is 37.5 Å². The fourth-order valence-corrected chi connectivity index (χ4v) is 2.92. The summed E-state index contributed by atoms with van der Waals surface area (Å²) in [5.41, 5.74) is 0. The Balaban J connectivity index is 1.91. The minimum absolute atomic E-state index is 0.0936. The molecule has 1 fully saturated rings. The molecule has 1 aromatic rings. The van der Waals surface area contributed by atoms with Gasteiger partial charge in [-0.2, -0.15) is 0 Å². The smallest absolute Gasteiger partial charge is 0.284 e. The topological polar surface area (TPSA) is 49.3 Å². The molecule has 0 saturated carbocycles. The summed E-state index contributed by atoms with van der Waals surface area (Å²) in [5, 5.41) is 7.77. The van der Waals surface area contributed by atoms with Gasteiger partial charge in [0.05, 0.1) is 0 Å². The molecule has 1 unspecified atom stereocenters. The van der Waals surface area contributed by atoms with Crippen molar-refractivity contribution in [2.45, 2.75) is 6.42 Å². The number of hydrogen-bond acceptors (Lipinski definition) is 5. The molecule has 0 N–H and O–H groups in total. The average Bonchev–Trinajstić information content (AvgIpc) is 2.87. The fraction of sp³-hybridized carbons (Fsp3) is 0.700. The number of likely N-dealkylation sites (tertiary alicyclic amines) is 1. The van der Waals surface area contributed by atoms with Crippen molar-refractivity contribution in [1.29, 1.82) is 0 Å². The molecule has 1 amide bonds. The maximum absolute atomic E-state index is 12.0. The first-order chi connectivity index (χ1) is 8.06. The van der Waals surface area contributed by atoms with Crippen LogP contribution in [0.3, 0.4) is 0 Å². The first-order valence-electron chi connectivity index (χ1n) is 5.49. The lowest BCUT2D eigenvalue weighted by Crippen LogP contribution is -2.32. The van der Waals surface area contributed by atoms with Crippen molar-refractivity contribution in [3.05, 3.63) is 9.47 Å². The third kappa shape index (κ3) is 3.14. The number of aromatic nitrogens is 2. The van der Waals surface area contributed by atoms with Gasteiger partial charge in [-0.25, -0.2) is 0 Å². The molecule has 0 radical (unpaired) electrons. The van der Waals surface area contributed by atoms with Crippen LogP contribution in [0.1, 0.15) is 16.2 Å². The van der Waals surface area contributed by atoms with Crippen molar-refractivity contribution in [3.63, 3.8) is 0 Å². The number of amides is 1. The van der Waals surface area contributed by atoms with Crippen LogP contribution < -0.4 is 0 Å². The summed E-state index contributed by atoms with van der Waals surface area (Å²) in [6.07, 6.45) is 1.14. The normalized spacial score (nSPS) is 20.8. The Morgan fingerprint density at radius 1 is 1.65 bits per heavy atom. The molecule has 5 nitrogen and oxygen atoms in total. The molecule has 1 atom stereocenters. The Morgan fingerprint density at radius 3 is 2.94 bits per heavy atom. The van der Waals surface area contributed by atoms with E-state index in [1.165, 1.54) is 0 Å². The highest BCUT2D eigenvalue weighted by Gasteiger charge is 2.24. The highest BCUT2D eigenvalue weighted by molar-refractivity contribution is 7.17. The summed E-state index contributed by atoms with van der Waals surface area (Å²) in [7, 11) is 3.91. The van der Waals surface area contributed by atoms with Crippen molar-refractivity contribution >= 4 is 28.8 Å². The number of halogens is 1. The minimum atomic E-state index is -0.0936. The summed E-state index contributed by atoms with van der Waals surface area (Å²) in [5.74, 6) is 0.460. The van der Waals surface area contributed by atoms with Gasteiger partial charge < -0.3 is 9.80 Å². The molecule has 0 bridgehead atoms. The predicted octanol–water partition coefficient (Wildman–Crippen LogP) is 1.22. The zero-order valence-corrected chi connectivity index (χ0v) is 11.5. The third-order valence-corrected chi connectivity index (χ3v) is 3.96. The third-order valence-electron chi connectivity index (χ3n) is 2.95. The van der Waals surface area contributed by atoms with Gasteiger partial charge in [0.2, 0.25) is 9.47 Å². The summed E-state index contributed by atoms with van der Waals surface area (Å²) in [6, 6.07) is 0. The molecular weight excluding hydrogens is 260 g/mol. The van der Waals surface area contributed by atoms with Gasteiger partial charge in [-0.3, -0.25) is 4.79 Å². The maximum Gasteiger partial charge on any atom is 0.284 e. The van der Waals surface area contributed by atoms with Crippen LogP contribution in [-0.2, 0) is 0 Å². The summed E-state index contributed by atoms with van der Waals surface area (Å²) in [6.45, 7) is 2.92. The Morgan fingerprint density at radius 2 is 2.41 bits per heavy atom. The summed E-state index contributed by atoms with van der Waals surface area (Å²) < 4.78 is 0.308. The SMILES string of the molecule is CN1CCC(CN(C)C(=O)c2nnc(Cl)s2)C1. The highest BCUT2D eigenvalue weighted by Crippen LogP contribution is 2.19. The van der Waals surface area contributed by atoms with E-state index in [4.69, 9.17) is 11.6 Å². The van der Waals surface area contributed by atoms with E-state index in [2.05, 4.69) is 22.1 Å².